The highest BCUT2D eigenvalue weighted by Gasteiger charge is 2.15. The van der Waals surface area contributed by atoms with Crippen molar-refractivity contribution in [2.24, 2.45) is 0 Å². The number of ether oxygens (including phenoxy) is 1. The lowest BCUT2D eigenvalue weighted by atomic mass is 10.1. The first kappa shape index (κ1) is 14.9. The number of aromatic nitrogens is 4. The minimum Gasteiger partial charge on any atom is -0.383 e. The van der Waals surface area contributed by atoms with Gasteiger partial charge in [-0.15, -0.1) is 0 Å². The highest BCUT2D eigenvalue weighted by Crippen LogP contribution is 2.32. The van der Waals surface area contributed by atoms with Crippen LogP contribution in [0.1, 0.15) is 5.56 Å². The van der Waals surface area contributed by atoms with Crippen molar-refractivity contribution in [3.8, 4) is 11.3 Å². The molecule has 0 radical (unpaired) electrons. The minimum atomic E-state index is 0.270. The third-order valence-electron chi connectivity index (χ3n) is 3.52. The Bertz CT molecular complexity index is 830. The van der Waals surface area contributed by atoms with Crippen LogP contribution in [0, 0.1) is 6.92 Å². The Morgan fingerprint density at radius 3 is 2.91 bits per heavy atom. The largest absolute Gasteiger partial charge is 0.383 e. The van der Waals surface area contributed by atoms with E-state index < -0.39 is 0 Å². The number of halogens is 1. The molecule has 3 heterocycles. The molecule has 2 N–H and O–H groups in total. The third kappa shape index (κ3) is 2.69. The molecule has 0 fully saturated rings. The molecule has 0 atom stereocenters. The Hall–Kier alpha value is -1.99. The van der Waals surface area contributed by atoms with Crippen LogP contribution in [0.2, 0.25) is 0 Å². The molecule has 7 heteroatoms. The quantitative estimate of drug-likeness (QED) is 0.722. The van der Waals surface area contributed by atoms with E-state index in [4.69, 9.17) is 10.5 Å². The number of methoxy groups -OCH3 is 1. The van der Waals surface area contributed by atoms with E-state index in [0.29, 0.717) is 6.61 Å². The van der Waals surface area contributed by atoms with Gasteiger partial charge in [0.15, 0.2) is 0 Å². The summed E-state index contributed by atoms with van der Waals surface area (Å²) in [7, 11) is 1.69. The average molecular weight is 362 g/mol. The molecule has 0 aliphatic heterocycles. The molecule has 3 aromatic rings. The zero-order chi connectivity index (χ0) is 15.7. The Morgan fingerprint density at radius 1 is 1.32 bits per heavy atom. The van der Waals surface area contributed by atoms with Gasteiger partial charge >= 0.3 is 0 Å². The van der Waals surface area contributed by atoms with Crippen molar-refractivity contribution in [1.29, 1.82) is 0 Å². The maximum absolute atomic E-state index is 5.76. The van der Waals surface area contributed by atoms with Crippen molar-refractivity contribution in [3.05, 3.63) is 34.8 Å². The number of hydrogen-bond acceptors (Lipinski definition) is 5. The lowest BCUT2D eigenvalue weighted by Gasteiger charge is -2.04. The fraction of sp³-hybridized carbons (Fsp3) is 0.267. The fourth-order valence-electron chi connectivity index (χ4n) is 2.45. The Kier molecular flexibility index (Phi) is 4.08. The van der Waals surface area contributed by atoms with Gasteiger partial charge in [0.05, 0.1) is 24.0 Å². The molecule has 0 unspecified atom stereocenters. The van der Waals surface area contributed by atoms with Crippen molar-refractivity contribution >= 4 is 32.8 Å². The second kappa shape index (κ2) is 6.02. The first-order valence-corrected chi connectivity index (χ1v) is 7.62. The first-order valence-electron chi connectivity index (χ1n) is 6.83. The molecule has 0 spiro atoms. The van der Waals surface area contributed by atoms with E-state index in [1.807, 2.05) is 19.2 Å². The number of fused-ring (bicyclic) bond motifs is 1. The number of nitrogens with two attached hydrogens (primary N) is 1. The van der Waals surface area contributed by atoms with Crippen LogP contribution >= 0.6 is 15.9 Å². The summed E-state index contributed by atoms with van der Waals surface area (Å²) in [5, 5.41) is 1.07. The van der Waals surface area contributed by atoms with Crippen molar-refractivity contribution in [2.75, 3.05) is 19.5 Å². The summed E-state index contributed by atoms with van der Waals surface area (Å²) in [6.07, 6.45) is 5.65. The molecule has 0 bridgehead atoms. The maximum Gasteiger partial charge on any atom is 0.220 e. The van der Waals surface area contributed by atoms with Crippen LogP contribution < -0.4 is 5.73 Å². The SMILES string of the molecule is COCCn1cc(-c2nc(N)ncc2C)c2cc(Br)ncc21. The number of aryl methyl sites for hydroxylation is 1. The van der Waals surface area contributed by atoms with E-state index in [0.717, 1.165) is 38.9 Å². The van der Waals surface area contributed by atoms with Crippen molar-refractivity contribution in [3.63, 3.8) is 0 Å². The summed E-state index contributed by atoms with van der Waals surface area (Å²) in [5.74, 6) is 0.270. The lowest BCUT2D eigenvalue weighted by Crippen LogP contribution is -2.02. The highest BCUT2D eigenvalue weighted by molar-refractivity contribution is 9.10. The Morgan fingerprint density at radius 2 is 2.14 bits per heavy atom. The average Bonchev–Trinajstić information content (AvgIpc) is 2.85. The molecular formula is C15H16BrN5O. The molecule has 0 aromatic carbocycles. The molecule has 3 aromatic heterocycles. The Balaban J connectivity index is 2.24. The zero-order valence-electron chi connectivity index (χ0n) is 12.4. The topological polar surface area (TPSA) is 78.9 Å². The molecule has 0 amide bonds. The number of rotatable bonds is 4. The molecule has 0 saturated carbocycles. The summed E-state index contributed by atoms with van der Waals surface area (Å²) in [6, 6.07) is 1.99. The number of nitrogens with zero attached hydrogens (tertiary/aromatic N) is 4. The van der Waals surface area contributed by atoms with E-state index in [1.54, 1.807) is 13.3 Å². The smallest absolute Gasteiger partial charge is 0.220 e. The zero-order valence-corrected chi connectivity index (χ0v) is 14.0. The first-order chi connectivity index (χ1) is 10.6. The van der Waals surface area contributed by atoms with Crippen LogP contribution in [-0.2, 0) is 11.3 Å². The van der Waals surface area contributed by atoms with Gasteiger partial charge in [-0.3, -0.25) is 0 Å². The van der Waals surface area contributed by atoms with Gasteiger partial charge in [-0.1, -0.05) is 0 Å². The number of hydrogen-bond donors (Lipinski definition) is 1. The van der Waals surface area contributed by atoms with Crippen LogP contribution in [0.25, 0.3) is 22.2 Å². The van der Waals surface area contributed by atoms with Crippen molar-refractivity contribution < 1.29 is 4.74 Å². The van der Waals surface area contributed by atoms with E-state index in [9.17, 15) is 0 Å². The van der Waals surface area contributed by atoms with Crippen LogP contribution in [0.3, 0.4) is 0 Å². The maximum atomic E-state index is 5.76. The normalized spacial score (nSPS) is 11.2. The monoisotopic (exact) mass is 361 g/mol. The van der Waals surface area contributed by atoms with Gasteiger partial charge in [0.25, 0.3) is 0 Å². The molecular weight excluding hydrogens is 346 g/mol. The van der Waals surface area contributed by atoms with Crippen LogP contribution in [0.5, 0.6) is 0 Å². The van der Waals surface area contributed by atoms with Gasteiger partial charge in [0, 0.05) is 37.0 Å². The van der Waals surface area contributed by atoms with Gasteiger partial charge in [-0.25, -0.2) is 15.0 Å². The van der Waals surface area contributed by atoms with Gasteiger partial charge in [-0.2, -0.15) is 0 Å². The standard InChI is InChI=1S/C15H16BrN5O/c1-9-6-19-15(17)20-14(9)11-8-21(3-4-22-2)12-7-18-13(16)5-10(11)12/h5-8H,3-4H2,1-2H3,(H2,17,19,20). The van der Waals surface area contributed by atoms with E-state index in [-0.39, 0.29) is 5.95 Å². The number of anilines is 1. The molecule has 6 nitrogen and oxygen atoms in total. The minimum absolute atomic E-state index is 0.270. The van der Waals surface area contributed by atoms with Crippen LogP contribution in [0.4, 0.5) is 5.95 Å². The van der Waals surface area contributed by atoms with Gasteiger partial charge in [-0.05, 0) is 34.5 Å². The second-order valence-electron chi connectivity index (χ2n) is 5.01. The molecule has 114 valence electrons. The molecule has 22 heavy (non-hydrogen) atoms. The number of nitrogen functional groups attached to an aromatic ring is 1. The van der Waals surface area contributed by atoms with E-state index in [1.165, 1.54) is 0 Å². The second-order valence-corrected chi connectivity index (χ2v) is 5.83. The van der Waals surface area contributed by atoms with Crippen LogP contribution in [-0.4, -0.2) is 33.2 Å². The fourth-order valence-corrected chi connectivity index (χ4v) is 2.79. The molecule has 3 rings (SSSR count). The highest BCUT2D eigenvalue weighted by atomic mass is 79.9. The van der Waals surface area contributed by atoms with Gasteiger partial charge in [0.2, 0.25) is 5.95 Å². The predicted molar refractivity (Wildman–Crippen MR) is 89.5 cm³/mol. The summed E-state index contributed by atoms with van der Waals surface area (Å²) < 4.78 is 8.08. The van der Waals surface area contributed by atoms with Gasteiger partial charge in [0.1, 0.15) is 4.60 Å². The molecule has 0 aliphatic carbocycles. The Labute approximate surface area is 136 Å². The van der Waals surface area contributed by atoms with Gasteiger partial charge < -0.3 is 15.0 Å². The summed E-state index contributed by atoms with van der Waals surface area (Å²) in [5.41, 5.74) is 9.62. The predicted octanol–water partition coefficient (Wildman–Crippen LogP) is 2.79. The third-order valence-corrected chi connectivity index (χ3v) is 3.95. The molecule has 0 aliphatic rings. The van der Waals surface area contributed by atoms with Crippen molar-refractivity contribution in [2.45, 2.75) is 13.5 Å². The van der Waals surface area contributed by atoms with Crippen molar-refractivity contribution in [1.82, 2.24) is 19.5 Å². The van der Waals surface area contributed by atoms with E-state index in [2.05, 4.69) is 41.6 Å². The summed E-state index contributed by atoms with van der Waals surface area (Å²) in [6.45, 7) is 3.35. The number of pyridine rings is 1. The van der Waals surface area contributed by atoms with E-state index >= 15 is 0 Å². The molecule has 0 saturated heterocycles. The summed E-state index contributed by atoms with van der Waals surface area (Å²) in [4.78, 5) is 12.8. The summed E-state index contributed by atoms with van der Waals surface area (Å²) >= 11 is 3.43. The lowest BCUT2D eigenvalue weighted by molar-refractivity contribution is 0.188. The van der Waals surface area contributed by atoms with Crippen LogP contribution in [0.15, 0.2) is 29.3 Å².